The summed E-state index contributed by atoms with van der Waals surface area (Å²) in [4.78, 5) is 16.8. The van der Waals surface area contributed by atoms with Gasteiger partial charge in [0.1, 0.15) is 6.54 Å². The largest absolute Gasteiger partial charge is 0.292 e. The van der Waals surface area contributed by atoms with Crippen LogP contribution in [0.25, 0.3) is 0 Å². The first kappa shape index (κ1) is 16.2. The number of rotatable bonds is 4. The SMILES string of the molecule is CC(=NCC(=O)c1ccc(C)c(C)c1)c1ccc(C)cc1C. The van der Waals surface area contributed by atoms with Gasteiger partial charge in [-0.2, -0.15) is 0 Å². The molecule has 0 bridgehead atoms. The van der Waals surface area contributed by atoms with Crippen LogP contribution in [-0.2, 0) is 0 Å². The van der Waals surface area contributed by atoms with E-state index in [9.17, 15) is 4.79 Å². The number of carbonyl (C=O) groups is 1. The predicted octanol–water partition coefficient (Wildman–Crippen LogP) is 4.61. The Kier molecular flexibility index (Phi) is 4.92. The topological polar surface area (TPSA) is 29.4 Å². The second-order valence-electron chi connectivity index (χ2n) is 5.94. The Morgan fingerprint density at radius 3 is 2.27 bits per heavy atom. The van der Waals surface area contributed by atoms with Crippen LogP contribution in [-0.4, -0.2) is 18.0 Å². The van der Waals surface area contributed by atoms with Crippen molar-refractivity contribution in [1.82, 2.24) is 0 Å². The molecule has 0 atom stereocenters. The maximum atomic E-state index is 12.3. The summed E-state index contributed by atoms with van der Waals surface area (Å²) < 4.78 is 0. The molecule has 0 fully saturated rings. The molecule has 114 valence electrons. The van der Waals surface area contributed by atoms with Gasteiger partial charge in [0.05, 0.1) is 0 Å². The molecule has 0 aliphatic carbocycles. The van der Waals surface area contributed by atoms with Crippen LogP contribution in [0.2, 0.25) is 0 Å². The van der Waals surface area contributed by atoms with Gasteiger partial charge in [0, 0.05) is 11.3 Å². The molecule has 2 rings (SSSR count). The van der Waals surface area contributed by atoms with E-state index in [1.54, 1.807) is 0 Å². The molecule has 0 heterocycles. The zero-order valence-electron chi connectivity index (χ0n) is 14.0. The van der Waals surface area contributed by atoms with Crippen LogP contribution in [0, 0.1) is 27.7 Å². The third kappa shape index (κ3) is 3.70. The van der Waals surface area contributed by atoms with Gasteiger partial charge in [-0.15, -0.1) is 0 Å². The number of benzene rings is 2. The highest BCUT2D eigenvalue weighted by Crippen LogP contribution is 2.13. The Labute approximate surface area is 132 Å². The zero-order valence-corrected chi connectivity index (χ0v) is 14.0. The molecule has 0 spiro atoms. The lowest BCUT2D eigenvalue weighted by Crippen LogP contribution is -2.07. The fourth-order valence-corrected chi connectivity index (χ4v) is 2.50. The molecule has 0 amide bonds. The minimum atomic E-state index is 0.0622. The van der Waals surface area contributed by atoms with Crippen molar-refractivity contribution in [2.24, 2.45) is 4.99 Å². The lowest BCUT2D eigenvalue weighted by atomic mass is 10.0. The Morgan fingerprint density at radius 2 is 1.64 bits per heavy atom. The molecule has 2 aromatic carbocycles. The van der Waals surface area contributed by atoms with Crippen molar-refractivity contribution in [1.29, 1.82) is 0 Å². The first-order chi connectivity index (χ1) is 10.4. The van der Waals surface area contributed by atoms with Crippen LogP contribution in [0.5, 0.6) is 0 Å². The average Bonchev–Trinajstić information content (AvgIpc) is 2.47. The maximum absolute atomic E-state index is 12.3. The van der Waals surface area contributed by atoms with Gasteiger partial charge >= 0.3 is 0 Å². The third-order valence-corrected chi connectivity index (χ3v) is 4.06. The summed E-state index contributed by atoms with van der Waals surface area (Å²) in [5, 5.41) is 0. The van der Waals surface area contributed by atoms with Gasteiger partial charge in [-0.1, -0.05) is 35.9 Å². The quantitative estimate of drug-likeness (QED) is 0.598. The Balaban J connectivity index is 2.16. The summed E-state index contributed by atoms with van der Waals surface area (Å²) in [5.74, 6) is 0.0622. The zero-order chi connectivity index (χ0) is 16.3. The van der Waals surface area contributed by atoms with Gasteiger partial charge < -0.3 is 0 Å². The molecule has 0 saturated heterocycles. The molecule has 0 unspecified atom stereocenters. The van der Waals surface area contributed by atoms with Gasteiger partial charge in [0.25, 0.3) is 0 Å². The summed E-state index contributed by atoms with van der Waals surface area (Å²) in [6.07, 6.45) is 0. The van der Waals surface area contributed by atoms with E-state index in [1.165, 1.54) is 16.7 Å². The second kappa shape index (κ2) is 6.69. The first-order valence-corrected chi connectivity index (χ1v) is 7.57. The van der Waals surface area contributed by atoms with Gasteiger partial charge in [0.15, 0.2) is 5.78 Å². The molecule has 0 N–H and O–H groups in total. The number of nitrogens with zero attached hydrogens (tertiary/aromatic N) is 1. The minimum absolute atomic E-state index is 0.0622. The Morgan fingerprint density at radius 1 is 0.909 bits per heavy atom. The molecular weight excluding hydrogens is 270 g/mol. The smallest absolute Gasteiger partial charge is 0.184 e. The van der Waals surface area contributed by atoms with E-state index in [-0.39, 0.29) is 12.3 Å². The minimum Gasteiger partial charge on any atom is -0.292 e. The second-order valence-corrected chi connectivity index (χ2v) is 5.94. The fraction of sp³-hybridized carbons (Fsp3) is 0.300. The van der Waals surface area contributed by atoms with Crippen molar-refractivity contribution >= 4 is 11.5 Å². The first-order valence-electron chi connectivity index (χ1n) is 7.57. The highest BCUT2D eigenvalue weighted by Gasteiger charge is 2.07. The predicted molar refractivity (Wildman–Crippen MR) is 93.2 cm³/mol. The number of hydrogen-bond donors (Lipinski definition) is 0. The number of aliphatic imine (C=N–C) groups is 1. The maximum Gasteiger partial charge on any atom is 0.184 e. The van der Waals surface area contributed by atoms with Crippen LogP contribution < -0.4 is 0 Å². The Bertz CT molecular complexity index is 741. The molecule has 0 saturated carbocycles. The molecule has 0 aliphatic heterocycles. The van der Waals surface area contributed by atoms with E-state index in [0.717, 1.165) is 22.4 Å². The highest BCUT2D eigenvalue weighted by atomic mass is 16.1. The van der Waals surface area contributed by atoms with Crippen molar-refractivity contribution < 1.29 is 4.79 Å². The van der Waals surface area contributed by atoms with Crippen LogP contribution in [0.4, 0.5) is 0 Å². The lowest BCUT2D eigenvalue weighted by Gasteiger charge is -2.07. The van der Waals surface area contributed by atoms with Gasteiger partial charge in [-0.25, -0.2) is 0 Å². The molecule has 2 heteroatoms. The van der Waals surface area contributed by atoms with Crippen LogP contribution >= 0.6 is 0 Å². The molecule has 0 aromatic heterocycles. The van der Waals surface area contributed by atoms with E-state index < -0.39 is 0 Å². The van der Waals surface area contributed by atoms with Crippen molar-refractivity contribution in [2.75, 3.05) is 6.54 Å². The molecule has 2 nitrogen and oxygen atoms in total. The van der Waals surface area contributed by atoms with E-state index in [0.29, 0.717) is 0 Å². The number of Topliss-reactive ketones (excluding diaryl/α,β-unsaturated/α-hetero) is 1. The standard InChI is InChI=1S/C20H23NO/c1-13-6-9-19(16(4)10-13)17(5)21-12-20(22)18-8-7-14(2)15(3)11-18/h6-11H,12H2,1-5H3. The monoisotopic (exact) mass is 293 g/mol. The van der Waals surface area contributed by atoms with Gasteiger partial charge in [0.2, 0.25) is 0 Å². The fourth-order valence-electron chi connectivity index (χ4n) is 2.50. The average molecular weight is 293 g/mol. The van der Waals surface area contributed by atoms with E-state index in [2.05, 4.69) is 37.0 Å². The van der Waals surface area contributed by atoms with Crippen molar-refractivity contribution in [2.45, 2.75) is 34.6 Å². The van der Waals surface area contributed by atoms with E-state index in [1.807, 2.05) is 39.0 Å². The van der Waals surface area contributed by atoms with Gasteiger partial charge in [-0.05, 0) is 62.9 Å². The molecule has 0 radical (unpaired) electrons. The normalized spacial score (nSPS) is 11.6. The molecule has 2 aromatic rings. The molecule has 0 aliphatic rings. The highest BCUT2D eigenvalue weighted by molar-refractivity contribution is 6.03. The number of hydrogen-bond acceptors (Lipinski definition) is 2. The van der Waals surface area contributed by atoms with Crippen molar-refractivity contribution in [3.63, 3.8) is 0 Å². The van der Waals surface area contributed by atoms with Crippen molar-refractivity contribution in [3.05, 3.63) is 69.8 Å². The van der Waals surface area contributed by atoms with Crippen LogP contribution in [0.3, 0.4) is 0 Å². The summed E-state index contributed by atoms with van der Waals surface area (Å²) in [6, 6.07) is 12.1. The number of ketones is 1. The number of carbonyl (C=O) groups excluding carboxylic acids is 1. The Hall–Kier alpha value is -2.22. The van der Waals surface area contributed by atoms with Crippen LogP contribution in [0.15, 0.2) is 41.4 Å². The molecule has 22 heavy (non-hydrogen) atoms. The van der Waals surface area contributed by atoms with Crippen LogP contribution in [0.1, 0.15) is 45.1 Å². The van der Waals surface area contributed by atoms with Crippen molar-refractivity contribution in [3.8, 4) is 0 Å². The van der Waals surface area contributed by atoms with Gasteiger partial charge in [-0.3, -0.25) is 9.79 Å². The third-order valence-electron chi connectivity index (χ3n) is 4.06. The summed E-state index contributed by atoms with van der Waals surface area (Å²) in [7, 11) is 0. The number of aryl methyl sites for hydroxylation is 4. The summed E-state index contributed by atoms with van der Waals surface area (Å²) in [5.41, 5.74) is 7.53. The van der Waals surface area contributed by atoms with E-state index >= 15 is 0 Å². The molecular formula is C20H23NO. The summed E-state index contributed by atoms with van der Waals surface area (Å²) in [6.45, 7) is 10.4. The van der Waals surface area contributed by atoms with E-state index in [4.69, 9.17) is 0 Å². The lowest BCUT2D eigenvalue weighted by molar-refractivity contribution is 0.100. The summed E-state index contributed by atoms with van der Waals surface area (Å²) >= 11 is 0.